The van der Waals surface area contributed by atoms with Gasteiger partial charge in [-0.25, -0.2) is 0 Å². The zero-order chi connectivity index (χ0) is 16.0. The Labute approximate surface area is 156 Å². The summed E-state index contributed by atoms with van der Waals surface area (Å²) < 4.78 is 15.5. The fraction of sp³-hybridized carbons (Fsp3) is 0.562. The fourth-order valence-electron chi connectivity index (χ4n) is 1.78. The topological polar surface area (TPSA) is 64.1 Å². The molecule has 0 spiro atoms. The van der Waals surface area contributed by atoms with Crippen LogP contribution in [0.3, 0.4) is 0 Å². The number of methoxy groups -OCH3 is 2. The Bertz CT molecular complexity index is 427. The van der Waals surface area contributed by atoms with Crippen LogP contribution in [-0.4, -0.2) is 53.6 Å². The molecule has 0 aliphatic rings. The largest absolute Gasteiger partial charge is 0.491 e. The predicted octanol–water partition coefficient (Wildman–Crippen LogP) is 2.03. The van der Waals surface area contributed by atoms with E-state index in [4.69, 9.17) is 14.2 Å². The van der Waals surface area contributed by atoms with Crippen molar-refractivity contribution in [3.05, 3.63) is 29.8 Å². The molecule has 1 rings (SSSR count). The second-order valence-electron chi connectivity index (χ2n) is 4.68. The number of nitrogens with zero attached hydrogens (tertiary/aromatic N) is 1. The average molecular weight is 437 g/mol. The molecule has 0 aromatic heterocycles. The highest BCUT2D eigenvalue weighted by Crippen LogP contribution is 2.11. The van der Waals surface area contributed by atoms with Crippen LogP contribution in [0.15, 0.2) is 29.3 Å². The first-order valence-corrected chi connectivity index (χ1v) is 7.44. The summed E-state index contributed by atoms with van der Waals surface area (Å²) >= 11 is 0. The molecule has 1 aromatic carbocycles. The zero-order valence-corrected chi connectivity index (χ0v) is 16.5. The summed E-state index contributed by atoms with van der Waals surface area (Å²) in [6, 6.07) is 7.99. The number of guanidine groups is 1. The van der Waals surface area contributed by atoms with Crippen LogP contribution in [0.1, 0.15) is 12.0 Å². The van der Waals surface area contributed by atoms with E-state index in [0.717, 1.165) is 31.3 Å². The molecule has 0 radical (unpaired) electrons. The van der Waals surface area contributed by atoms with Crippen molar-refractivity contribution in [2.24, 2.45) is 4.99 Å². The Morgan fingerprint density at radius 3 is 2.30 bits per heavy atom. The van der Waals surface area contributed by atoms with E-state index in [-0.39, 0.29) is 24.0 Å². The van der Waals surface area contributed by atoms with Gasteiger partial charge >= 0.3 is 0 Å². The first-order valence-electron chi connectivity index (χ1n) is 7.44. The van der Waals surface area contributed by atoms with Crippen molar-refractivity contribution in [2.75, 3.05) is 47.6 Å². The first kappa shape index (κ1) is 21.9. The molecule has 0 aliphatic heterocycles. The lowest BCUT2D eigenvalue weighted by Crippen LogP contribution is -2.37. The van der Waals surface area contributed by atoms with Crippen LogP contribution in [0, 0.1) is 0 Å². The van der Waals surface area contributed by atoms with Crippen LogP contribution in [0.25, 0.3) is 0 Å². The van der Waals surface area contributed by atoms with Crippen LogP contribution in [-0.2, 0) is 16.0 Å². The Hall–Kier alpha value is -1.06. The zero-order valence-electron chi connectivity index (χ0n) is 14.1. The van der Waals surface area contributed by atoms with Gasteiger partial charge in [-0.1, -0.05) is 12.1 Å². The molecule has 0 atom stereocenters. The molecule has 7 heteroatoms. The Morgan fingerprint density at radius 2 is 1.70 bits per heavy atom. The van der Waals surface area contributed by atoms with Gasteiger partial charge in [-0.3, -0.25) is 4.99 Å². The maximum absolute atomic E-state index is 5.53. The van der Waals surface area contributed by atoms with Gasteiger partial charge in [0.05, 0.1) is 6.61 Å². The SMILES string of the molecule is CN=C(NCCCOC)NCc1ccc(OCCOC)cc1.I. The summed E-state index contributed by atoms with van der Waals surface area (Å²) in [6.45, 7) is 3.44. The Kier molecular flexibility index (Phi) is 13.9. The summed E-state index contributed by atoms with van der Waals surface area (Å²) in [4.78, 5) is 4.18. The van der Waals surface area contributed by atoms with Gasteiger partial charge in [0.2, 0.25) is 0 Å². The molecule has 0 unspecified atom stereocenters. The van der Waals surface area contributed by atoms with Crippen LogP contribution < -0.4 is 15.4 Å². The summed E-state index contributed by atoms with van der Waals surface area (Å²) in [6.07, 6.45) is 0.949. The summed E-state index contributed by atoms with van der Waals surface area (Å²) in [5, 5.41) is 6.51. The van der Waals surface area contributed by atoms with Gasteiger partial charge in [0.15, 0.2) is 5.96 Å². The molecule has 1 aromatic rings. The number of hydrogen-bond donors (Lipinski definition) is 2. The van der Waals surface area contributed by atoms with E-state index in [1.54, 1.807) is 21.3 Å². The molecule has 132 valence electrons. The number of halogens is 1. The van der Waals surface area contributed by atoms with E-state index >= 15 is 0 Å². The van der Waals surface area contributed by atoms with Crippen molar-refractivity contribution in [1.82, 2.24) is 10.6 Å². The van der Waals surface area contributed by atoms with Crippen molar-refractivity contribution < 1.29 is 14.2 Å². The first-order chi connectivity index (χ1) is 10.8. The van der Waals surface area contributed by atoms with Gasteiger partial charge in [0.1, 0.15) is 12.4 Å². The van der Waals surface area contributed by atoms with Crippen LogP contribution >= 0.6 is 24.0 Å². The third-order valence-electron chi connectivity index (χ3n) is 2.98. The van der Waals surface area contributed by atoms with E-state index in [2.05, 4.69) is 15.6 Å². The third kappa shape index (κ3) is 10.4. The molecule has 0 bridgehead atoms. The highest BCUT2D eigenvalue weighted by molar-refractivity contribution is 14.0. The molecular formula is C16H28IN3O3. The van der Waals surface area contributed by atoms with E-state index in [0.29, 0.717) is 19.8 Å². The van der Waals surface area contributed by atoms with Gasteiger partial charge in [0.25, 0.3) is 0 Å². The summed E-state index contributed by atoms with van der Waals surface area (Å²) in [5.74, 6) is 1.64. The van der Waals surface area contributed by atoms with Crippen molar-refractivity contribution >= 4 is 29.9 Å². The minimum absolute atomic E-state index is 0. The number of nitrogens with one attached hydrogen (secondary N) is 2. The Morgan fingerprint density at radius 1 is 1.00 bits per heavy atom. The van der Waals surface area contributed by atoms with Gasteiger partial charge < -0.3 is 24.8 Å². The second-order valence-corrected chi connectivity index (χ2v) is 4.68. The van der Waals surface area contributed by atoms with Crippen LogP contribution in [0.5, 0.6) is 5.75 Å². The van der Waals surface area contributed by atoms with Gasteiger partial charge in [-0.15, -0.1) is 24.0 Å². The van der Waals surface area contributed by atoms with Crippen molar-refractivity contribution in [1.29, 1.82) is 0 Å². The lowest BCUT2D eigenvalue weighted by atomic mass is 10.2. The molecule has 0 saturated carbocycles. The smallest absolute Gasteiger partial charge is 0.191 e. The number of rotatable bonds is 10. The molecule has 0 saturated heterocycles. The van der Waals surface area contributed by atoms with E-state index in [9.17, 15) is 0 Å². The number of aliphatic imine (C=N–C) groups is 1. The number of benzene rings is 1. The van der Waals surface area contributed by atoms with Crippen molar-refractivity contribution in [3.63, 3.8) is 0 Å². The van der Waals surface area contributed by atoms with Crippen LogP contribution in [0.4, 0.5) is 0 Å². The van der Waals surface area contributed by atoms with Gasteiger partial charge in [-0.2, -0.15) is 0 Å². The van der Waals surface area contributed by atoms with Gasteiger partial charge in [0, 0.05) is 41.0 Å². The van der Waals surface area contributed by atoms with Gasteiger partial charge in [-0.05, 0) is 24.1 Å². The predicted molar refractivity (Wildman–Crippen MR) is 104 cm³/mol. The quantitative estimate of drug-likeness (QED) is 0.254. The summed E-state index contributed by atoms with van der Waals surface area (Å²) in [7, 11) is 5.13. The standard InChI is InChI=1S/C16H27N3O3.HI/c1-17-16(18-9-4-10-20-2)19-13-14-5-7-15(8-6-14)22-12-11-21-3;/h5-8H,4,9-13H2,1-3H3,(H2,17,18,19);1H. The molecule has 6 nitrogen and oxygen atoms in total. The van der Waals surface area contributed by atoms with E-state index in [1.807, 2.05) is 24.3 Å². The molecule has 0 amide bonds. The lowest BCUT2D eigenvalue weighted by molar-refractivity contribution is 0.146. The number of ether oxygens (including phenoxy) is 3. The lowest BCUT2D eigenvalue weighted by Gasteiger charge is -2.12. The van der Waals surface area contributed by atoms with Crippen molar-refractivity contribution in [2.45, 2.75) is 13.0 Å². The second kappa shape index (κ2) is 14.5. The molecule has 23 heavy (non-hydrogen) atoms. The highest BCUT2D eigenvalue weighted by Gasteiger charge is 1.99. The molecule has 0 aliphatic carbocycles. The average Bonchev–Trinajstić information content (AvgIpc) is 2.56. The summed E-state index contributed by atoms with van der Waals surface area (Å²) in [5.41, 5.74) is 1.17. The molecule has 2 N–H and O–H groups in total. The van der Waals surface area contributed by atoms with E-state index < -0.39 is 0 Å². The van der Waals surface area contributed by atoms with Crippen LogP contribution in [0.2, 0.25) is 0 Å². The monoisotopic (exact) mass is 437 g/mol. The molecular weight excluding hydrogens is 409 g/mol. The minimum Gasteiger partial charge on any atom is -0.491 e. The maximum atomic E-state index is 5.53. The fourth-order valence-corrected chi connectivity index (χ4v) is 1.78. The normalized spacial score (nSPS) is 10.8. The van der Waals surface area contributed by atoms with E-state index in [1.165, 1.54) is 5.56 Å². The highest BCUT2D eigenvalue weighted by atomic mass is 127. The molecule has 0 heterocycles. The minimum atomic E-state index is 0. The third-order valence-corrected chi connectivity index (χ3v) is 2.98. The van der Waals surface area contributed by atoms with Crippen molar-refractivity contribution in [3.8, 4) is 5.75 Å². The number of hydrogen-bond acceptors (Lipinski definition) is 4. The maximum Gasteiger partial charge on any atom is 0.191 e. The molecule has 0 fully saturated rings. The Balaban J connectivity index is 0.00000484.